The first-order valence-electron chi connectivity index (χ1n) is 10.1. The predicted molar refractivity (Wildman–Crippen MR) is 130 cm³/mol. The van der Waals surface area contributed by atoms with Gasteiger partial charge in [-0.25, -0.2) is 0 Å². The minimum atomic E-state index is -4.32. The number of anilines is 1. The van der Waals surface area contributed by atoms with E-state index in [9.17, 15) is 18.3 Å². The molecule has 2 N–H and O–H groups in total. The van der Waals surface area contributed by atoms with Crippen molar-refractivity contribution in [1.82, 2.24) is 10.2 Å². The van der Waals surface area contributed by atoms with Crippen LogP contribution in [-0.2, 0) is 17.9 Å². The van der Waals surface area contributed by atoms with E-state index in [0.29, 0.717) is 12.1 Å². The molecule has 0 aromatic heterocycles. The number of alkyl halides is 3. The fourth-order valence-electron chi connectivity index (χ4n) is 3.52. The Labute approximate surface area is 203 Å². The molecule has 2 aromatic rings. The van der Waals surface area contributed by atoms with Gasteiger partial charge in [-0.1, -0.05) is 36.4 Å². The van der Waals surface area contributed by atoms with Crippen molar-refractivity contribution in [3.05, 3.63) is 59.7 Å². The number of benzene rings is 2. The quantitative estimate of drug-likeness (QED) is 0.316. The molecule has 0 saturated carbocycles. The fourth-order valence-corrected chi connectivity index (χ4v) is 3.52. The molecule has 0 bridgehead atoms. The van der Waals surface area contributed by atoms with Crippen LogP contribution in [0.3, 0.4) is 0 Å². The molecule has 0 aliphatic carbocycles. The minimum Gasteiger partial charge on any atom is -0.506 e. The monoisotopic (exact) mass is 564 g/mol. The molecule has 0 spiro atoms. The van der Waals surface area contributed by atoms with Crippen LogP contribution in [0.25, 0.3) is 0 Å². The van der Waals surface area contributed by atoms with Crippen molar-refractivity contribution < 1.29 is 23.0 Å². The second kappa shape index (κ2) is 12.1. The highest BCUT2D eigenvalue weighted by molar-refractivity contribution is 14.0. The van der Waals surface area contributed by atoms with E-state index in [1.54, 1.807) is 31.3 Å². The Kier molecular flexibility index (Phi) is 9.88. The molecule has 0 radical (unpaired) electrons. The van der Waals surface area contributed by atoms with Gasteiger partial charge in [-0.2, -0.15) is 13.2 Å². The van der Waals surface area contributed by atoms with Crippen molar-refractivity contribution >= 4 is 35.6 Å². The number of aromatic hydroxyl groups is 1. The molecule has 3 rings (SSSR count). The molecule has 10 heteroatoms. The standard InChI is InChI=1S/C22H27F3N4O2.HI/c1-26-21(29-11-9-28(10-12-29)19-7-2-3-8-20(19)30)27-14-17-5-4-6-18(13-17)15-31-16-22(23,24)25;/h2-8,13,30H,9-12,14-16H2,1H3,(H,26,27);1H. The number of guanidine groups is 1. The summed E-state index contributed by atoms with van der Waals surface area (Å²) < 4.78 is 41.4. The summed E-state index contributed by atoms with van der Waals surface area (Å²) in [6.45, 7) is 2.16. The van der Waals surface area contributed by atoms with Crippen molar-refractivity contribution in [3.63, 3.8) is 0 Å². The number of hydrogen-bond donors (Lipinski definition) is 2. The Balaban J connectivity index is 0.00000363. The van der Waals surface area contributed by atoms with Gasteiger partial charge < -0.3 is 25.0 Å². The second-order valence-electron chi connectivity index (χ2n) is 7.29. The van der Waals surface area contributed by atoms with Crippen LogP contribution in [0, 0.1) is 0 Å². The number of nitrogens with zero attached hydrogens (tertiary/aromatic N) is 3. The first-order chi connectivity index (χ1) is 14.9. The lowest BCUT2D eigenvalue weighted by Crippen LogP contribution is -2.52. The predicted octanol–water partition coefficient (Wildman–Crippen LogP) is 3.99. The lowest BCUT2D eigenvalue weighted by atomic mass is 10.1. The Morgan fingerprint density at radius 1 is 1.06 bits per heavy atom. The smallest absolute Gasteiger partial charge is 0.411 e. The molecular weight excluding hydrogens is 536 g/mol. The lowest BCUT2D eigenvalue weighted by molar-refractivity contribution is -0.176. The van der Waals surface area contributed by atoms with E-state index in [1.807, 2.05) is 24.3 Å². The topological polar surface area (TPSA) is 60.3 Å². The van der Waals surface area contributed by atoms with Gasteiger partial charge in [-0.05, 0) is 23.3 Å². The van der Waals surface area contributed by atoms with E-state index in [-0.39, 0.29) is 36.3 Å². The van der Waals surface area contributed by atoms with Crippen LogP contribution in [0.5, 0.6) is 5.75 Å². The maximum atomic E-state index is 12.2. The summed E-state index contributed by atoms with van der Waals surface area (Å²) in [4.78, 5) is 8.64. The Bertz CT molecular complexity index is 887. The molecule has 1 aliphatic heterocycles. The maximum Gasteiger partial charge on any atom is 0.411 e. The van der Waals surface area contributed by atoms with Gasteiger partial charge in [0.15, 0.2) is 5.96 Å². The second-order valence-corrected chi connectivity index (χ2v) is 7.29. The van der Waals surface area contributed by atoms with Crippen LogP contribution in [0.15, 0.2) is 53.5 Å². The van der Waals surface area contributed by atoms with Gasteiger partial charge in [0.1, 0.15) is 12.4 Å². The van der Waals surface area contributed by atoms with Gasteiger partial charge in [0, 0.05) is 39.8 Å². The van der Waals surface area contributed by atoms with Crippen molar-refractivity contribution in [2.45, 2.75) is 19.3 Å². The van der Waals surface area contributed by atoms with Crippen LogP contribution in [0.4, 0.5) is 18.9 Å². The third-order valence-corrected chi connectivity index (χ3v) is 4.99. The summed E-state index contributed by atoms with van der Waals surface area (Å²) in [5.74, 6) is 1.04. The highest BCUT2D eigenvalue weighted by Crippen LogP contribution is 2.27. The molecule has 0 amide bonds. The summed E-state index contributed by atoms with van der Waals surface area (Å²) in [5, 5.41) is 13.4. The summed E-state index contributed by atoms with van der Waals surface area (Å²) in [6, 6.07) is 14.6. The number of aliphatic imine (C=N–C) groups is 1. The van der Waals surface area contributed by atoms with Crippen molar-refractivity contribution in [3.8, 4) is 5.75 Å². The summed E-state index contributed by atoms with van der Waals surface area (Å²) in [5.41, 5.74) is 2.45. The van der Waals surface area contributed by atoms with E-state index in [4.69, 9.17) is 4.74 Å². The Morgan fingerprint density at radius 2 is 1.75 bits per heavy atom. The van der Waals surface area contributed by atoms with Crippen molar-refractivity contribution in [2.24, 2.45) is 4.99 Å². The molecule has 32 heavy (non-hydrogen) atoms. The number of halogens is 4. The van der Waals surface area contributed by atoms with Gasteiger partial charge in [-0.3, -0.25) is 4.99 Å². The third-order valence-electron chi connectivity index (χ3n) is 4.99. The van der Waals surface area contributed by atoms with E-state index in [0.717, 1.165) is 43.4 Å². The maximum absolute atomic E-state index is 12.2. The zero-order valence-corrected chi connectivity index (χ0v) is 20.1. The fraction of sp³-hybridized carbons (Fsp3) is 0.409. The van der Waals surface area contributed by atoms with Gasteiger partial charge in [0.2, 0.25) is 0 Å². The van der Waals surface area contributed by atoms with Crippen molar-refractivity contribution in [1.29, 1.82) is 0 Å². The molecule has 1 aliphatic rings. The van der Waals surface area contributed by atoms with Crippen LogP contribution < -0.4 is 10.2 Å². The average Bonchev–Trinajstić information content (AvgIpc) is 2.74. The molecule has 1 saturated heterocycles. The number of nitrogens with one attached hydrogen (secondary N) is 1. The van der Waals surface area contributed by atoms with Gasteiger partial charge in [0.25, 0.3) is 0 Å². The number of para-hydroxylation sites is 2. The molecule has 0 unspecified atom stereocenters. The highest BCUT2D eigenvalue weighted by atomic mass is 127. The zero-order valence-electron chi connectivity index (χ0n) is 17.8. The lowest BCUT2D eigenvalue weighted by Gasteiger charge is -2.37. The van der Waals surface area contributed by atoms with Gasteiger partial charge in [0.05, 0.1) is 12.3 Å². The number of rotatable bonds is 6. The Morgan fingerprint density at radius 3 is 2.41 bits per heavy atom. The average molecular weight is 564 g/mol. The molecular formula is C22H28F3IN4O2. The molecule has 176 valence electrons. The molecule has 2 aromatic carbocycles. The van der Waals surface area contributed by atoms with E-state index in [2.05, 4.69) is 20.1 Å². The van der Waals surface area contributed by atoms with Crippen LogP contribution in [0.2, 0.25) is 0 Å². The zero-order chi connectivity index (χ0) is 22.3. The first kappa shape index (κ1) is 26.0. The summed E-state index contributed by atoms with van der Waals surface area (Å²) in [6.07, 6.45) is -4.32. The highest BCUT2D eigenvalue weighted by Gasteiger charge is 2.27. The molecule has 0 atom stereocenters. The molecule has 6 nitrogen and oxygen atoms in total. The summed E-state index contributed by atoms with van der Waals surface area (Å²) >= 11 is 0. The third kappa shape index (κ3) is 7.73. The normalized spacial score (nSPS) is 14.8. The summed E-state index contributed by atoms with van der Waals surface area (Å²) in [7, 11) is 1.72. The number of hydrogen-bond acceptors (Lipinski definition) is 4. The van der Waals surface area contributed by atoms with Crippen LogP contribution in [-0.4, -0.2) is 62.0 Å². The van der Waals surface area contributed by atoms with Crippen LogP contribution in [0.1, 0.15) is 11.1 Å². The largest absolute Gasteiger partial charge is 0.506 e. The number of ether oxygens (including phenoxy) is 1. The van der Waals surface area contributed by atoms with E-state index < -0.39 is 12.8 Å². The van der Waals surface area contributed by atoms with Crippen molar-refractivity contribution in [2.75, 3.05) is 44.7 Å². The number of phenols is 1. The molecule has 1 fully saturated rings. The van der Waals surface area contributed by atoms with E-state index >= 15 is 0 Å². The SMILES string of the molecule is CN=C(NCc1cccc(COCC(F)(F)F)c1)N1CCN(c2ccccc2O)CC1.I. The minimum absolute atomic E-state index is 0. The van der Waals surface area contributed by atoms with Crippen LogP contribution >= 0.6 is 24.0 Å². The first-order valence-corrected chi connectivity index (χ1v) is 10.1. The van der Waals surface area contributed by atoms with E-state index in [1.165, 1.54) is 0 Å². The van der Waals surface area contributed by atoms with Gasteiger partial charge >= 0.3 is 6.18 Å². The number of piperazine rings is 1. The van der Waals surface area contributed by atoms with Gasteiger partial charge in [-0.15, -0.1) is 24.0 Å². The molecule has 1 heterocycles. The Hall–Kier alpha value is -2.21. The number of phenolic OH excluding ortho intramolecular Hbond substituents is 1.